The Labute approximate surface area is 137 Å². The van der Waals surface area contributed by atoms with E-state index in [4.69, 9.17) is 10.00 Å². The van der Waals surface area contributed by atoms with Crippen molar-refractivity contribution in [2.24, 2.45) is 5.92 Å². The normalized spacial score (nSPS) is 34.2. The molecule has 2 fully saturated rings. The van der Waals surface area contributed by atoms with Gasteiger partial charge < -0.3 is 4.74 Å². The molecular formula is C15H13F3N2O3S. The molecule has 0 spiro atoms. The Hall–Kier alpha value is -1.73. The van der Waals surface area contributed by atoms with Crippen molar-refractivity contribution in [2.75, 3.05) is 10.8 Å². The van der Waals surface area contributed by atoms with Gasteiger partial charge in [-0.2, -0.15) is 18.4 Å². The average Bonchev–Trinajstić information content (AvgIpc) is 3.18. The van der Waals surface area contributed by atoms with Gasteiger partial charge in [0, 0.05) is 12.5 Å². The van der Waals surface area contributed by atoms with Crippen LogP contribution in [0.1, 0.15) is 11.1 Å². The highest BCUT2D eigenvalue weighted by molar-refractivity contribution is 8.26. The average molecular weight is 358 g/mol. The second kappa shape index (κ2) is 4.89. The van der Waals surface area contributed by atoms with E-state index in [0.29, 0.717) is 0 Å². The van der Waals surface area contributed by atoms with E-state index in [0.717, 1.165) is 12.1 Å². The first-order chi connectivity index (χ1) is 11.2. The predicted molar refractivity (Wildman–Crippen MR) is 81.4 cm³/mol. The molecule has 1 aromatic rings. The maximum atomic E-state index is 13.1. The van der Waals surface area contributed by atoms with Crippen LogP contribution >= 0.6 is 10.8 Å². The zero-order valence-electron chi connectivity index (χ0n) is 12.1. The highest BCUT2D eigenvalue weighted by Crippen LogP contribution is 2.64. The molecule has 2 saturated heterocycles. The predicted octanol–water partition coefficient (Wildman–Crippen LogP) is 3.38. The van der Waals surface area contributed by atoms with Gasteiger partial charge in [-0.15, -0.1) is 10.8 Å². The molecule has 0 aromatic heterocycles. The molecule has 3 aliphatic rings. The van der Waals surface area contributed by atoms with Crippen LogP contribution in [0, 0.1) is 17.2 Å². The third-order valence-electron chi connectivity index (χ3n) is 4.76. The summed E-state index contributed by atoms with van der Waals surface area (Å²) >= 11 is 0. The summed E-state index contributed by atoms with van der Waals surface area (Å²) < 4.78 is 67.5. The molecule has 0 saturated carbocycles. The molecule has 0 radical (unpaired) electrons. The molecule has 0 aliphatic carbocycles. The summed E-state index contributed by atoms with van der Waals surface area (Å²) in [6.45, 7) is 0.196. The standard InChI is InChI=1S/C15H13F3N2O3S/c16-15(17,18)11-5-9(2-1-8(11)6-19)20-7-10-12-3-4-13(23-12)14(10)24(20,21)22/h1-5,10,12-14,21-22H,7H2/t10-,12-,13+,14-/m1/s1. The molecule has 128 valence electrons. The molecule has 2 bridgehead atoms. The van der Waals surface area contributed by atoms with E-state index in [1.807, 2.05) is 6.08 Å². The molecule has 1 aromatic carbocycles. The highest BCUT2D eigenvalue weighted by atomic mass is 32.3. The van der Waals surface area contributed by atoms with Crippen molar-refractivity contribution >= 4 is 16.5 Å². The third-order valence-corrected chi connectivity index (χ3v) is 7.11. The quantitative estimate of drug-likeness (QED) is 0.753. The lowest BCUT2D eigenvalue weighted by atomic mass is 9.94. The smallest absolute Gasteiger partial charge is 0.364 e. The highest BCUT2D eigenvalue weighted by Gasteiger charge is 2.59. The molecule has 9 heteroatoms. The number of halogens is 3. The van der Waals surface area contributed by atoms with E-state index in [2.05, 4.69) is 0 Å². The van der Waals surface area contributed by atoms with Crippen LogP contribution in [0.4, 0.5) is 18.9 Å². The molecule has 5 nitrogen and oxygen atoms in total. The molecule has 24 heavy (non-hydrogen) atoms. The van der Waals surface area contributed by atoms with E-state index in [1.165, 1.54) is 16.4 Å². The fourth-order valence-corrected chi connectivity index (χ4v) is 6.04. The first kappa shape index (κ1) is 15.8. The van der Waals surface area contributed by atoms with Crippen molar-refractivity contribution in [3.8, 4) is 6.07 Å². The Bertz CT molecular complexity index is 774. The second-order valence-electron chi connectivity index (χ2n) is 6.04. The summed E-state index contributed by atoms with van der Waals surface area (Å²) in [5.74, 6) is -0.171. The minimum absolute atomic E-state index is 0.0510. The van der Waals surface area contributed by atoms with Gasteiger partial charge in [-0.05, 0) is 18.2 Å². The van der Waals surface area contributed by atoms with Gasteiger partial charge in [0.05, 0.1) is 35.1 Å². The van der Waals surface area contributed by atoms with Crippen molar-refractivity contribution in [1.82, 2.24) is 0 Å². The molecule has 2 N–H and O–H groups in total. The second-order valence-corrected chi connectivity index (χ2v) is 8.15. The summed E-state index contributed by atoms with van der Waals surface area (Å²) in [4.78, 5) is 0. The monoisotopic (exact) mass is 358 g/mol. The van der Waals surface area contributed by atoms with Gasteiger partial charge in [0.1, 0.15) is 5.25 Å². The molecule has 4 atom stereocenters. The van der Waals surface area contributed by atoms with Gasteiger partial charge in [-0.1, -0.05) is 12.2 Å². The molecular weight excluding hydrogens is 345 g/mol. The third kappa shape index (κ3) is 2.07. The lowest BCUT2D eigenvalue weighted by molar-refractivity contribution is -0.137. The summed E-state index contributed by atoms with van der Waals surface area (Å²) in [5.41, 5.74) is -1.52. The van der Waals surface area contributed by atoms with Crippen LogP contribution in [0.2, 0.25) is 0 Å². The Morgan fingerprint density at radius 1 is 1.25 bits per heavy atom. The first-order valence-electron chi connectivity index (χ1n) is 7.23. The summed E-state index contributed by atoms with van der Waals surface area (Å²) in [5, 5.41) is 8.32. The minimum Gasteiger partial charge on any atom is -0.364 e. The van der Waals surface area contributed by atoms with Gasteiger partial charge in [-0.3, -0.25) is 13.4 Å². The van der Waals surface area contributed by atoms with Gasteiger partial charge in [-0.25, -0.2) is 0 Å². The largest absolute Gasteiger partial charge is 0.417 e. The number of alkyl halides is 3. The number of ether oxygens (including phenoxy) is 1. The van der Waals surface area contributed by atoms with Crippen LogP contribution in [-0.4, -0.2) is 33.1 Å². The maximum absolute atomic E-state index is 13.1. The molecule has 4 rings (SSSR count). The molecule has 0 unspecified atom stereocenters. The Morgan fingerprint density at radius 2 is 1.96 bits per heavy atom. The zero-order chi connectivity index (χ0) is 17.3. The Kier molecular flexibility index (Phi) is 3.22. The van der Waals surface area contributed by atoms with Crippen LogP contribution in [0.5, 0.6) is 0 Å². The molecule has 3 aliphatic heterocycles. The van der Waals surface area contributed by atoms with Gasteiger partial charge >= 0.3 is 6.18 Å². The number of anilines is 1. The van der Waals surface area contributed by atoms with Crippen molar-refractivity contribution in [3.05, 3.63) is 41.5 Å². The van der Waals surface area contributed by atoms with Crippen LogP contribution in [0.15, 0.2) is 30.4 Å². The zero-order valence-corrected chi connectivity index (χ0v) is 13.0. The number of rotatable bonds is 1. The number of fused-ring (bicyclic) bond motifs is 5. The topological polar surface area (TPSA) is 76.7 Å². The van der Waals surface area contributed by atoms with Crippen molar-refractivity contribution in [1.29, 1.82) is 5.26 Å². The van der Waals surface area contributed by atoms with Gasteiger partial charge in [0.2, 0.25) is 0 Å². The fourth-order valence-electron chi connectivity index (χ4n) is 3.70. The van der Waals surface area contributed by atoms with Gasteiger partial charge in [0.15, 0.2) is 0 Å². The van der Waals surface area contributed by atoms with Gasteiger partial charge in [0.25, 0.3) is 0 Å². The summed E-state index contributed by atoms with van der Waals surface area (Å²) in [6, 6.07) is 4.71. The van der Waals surface area contributed by atoms with E-state index < -0.39 is 39.4 Å². The lowest BCUT2D eigenvalue weighted by Crippen LogP contribution is -2.31. The first-order valence-corrected chi connectivity index (χ1v) is 8.80. The van der Waals surface area contributed by atoms with Crippen LogP contribution in [-0.2, 0) is 10.9 Å². The number of benzene rings is 1. The van der Waals surface area contributed by atoms with E-state index >= 15 is 0 Å². The Balaban J connectivity index is 1.74. The van der Waals surface area contributed by atoms with Crippen LogP contribution in [0.3, 0.4) is 0 Å². The molecule has 0 amide bonds. The van der Waals surface area contributed by atoms with Crippen molar-refractivity contribution in [2.45, 2.75) is 23.6 Å². The number of nitrogens with zero attached hydrogens (tertiary/aromatic N) is 2. The Morgan fingerprint density at radius 3 is 2.58 bits per heavy atom. The maximum Gasteiger partial charge on any atom is 0.417 e. The van der Waals surface area contributed by atoms with E-state index in [1.54, 1.807) is 6.08 Å². The molecule has 3 heterocycles. The minimum atomic E-state index is -4.69. The van der Waals surface area contributed by atoms with Crippen molar-refractivity contribution in [3.63, 3.8) is 0 Å². The number of hydrogen-bond donors (Lipinski definition) is 2. The van der Waals surface area contributed by atoms with Crippen LogP contribution < -0.4 is 4.31 Å². The van der Waals surface area contributed by atoms with Crippen LogP contribution in [0.25, 0.3) is 0 Å². The lowest BCUT2D eigenvalue weighted by Gasteiger charge is -2.43. The number of nitriles is 1. The van der Waals surface area contributed by atoms with Crippen molar-refractivity contribution < 1.29 is 27.0 Å². The summed E-state index contributed by atoms with van der Waals surface area (Å²) in [7, 11) is -3.32. The van der Waals surface area contributed by atoms with E-state index in [-0.39, 0.29) is 24.3 Å². The summed E-state index contributed by atoms with van der Waals surface area (Å²) in [6.07, 6.45) is -1.73. The fraction of sp³-hybridized carbons (Fsp3) is 0.400. The van der Waals surface area contributed by atoms with E-state index in [9.17, 15) is 22.3 Å². The SMILES string of the molecule is N#Cc1ccc(N2C[C@H]3[C@H]([C@@H]4C=C[C@H]3O4)S2(O)O)cc1C(F)(F)F. The number of hydrogen-bond acceptors (Lipinski definition) is 5.